The highest BCUT2D eigenvalue weighted by Crippen LogP contribution is 2.42. The molecule has 3 aromatic rings. The molecule has 0 radical (unpaired) electrons. The van der Waals surface area contributed by atoms with Gasteiger partial charge in [-0.25, -0.2) is 9.87 Å². The second-order valence-corrected chi connectivity index (χ2v) is 11.6. The predicted molar refractivity (Wildman–Crippen MR) is 151 cm³/mol. The van der Waals surface area contributed by atoms with Crippen molar-refractivity contribution in [2.24, 2.45) is 5.41 Å². The van der Waals surface area contributed by atoms with E-state index in [0.29, 0.717) is 54.6 Å². The van der Waals surface area contributed by atoms with Gasteiger partial charge >= 0.3 is 0 Å². The van der Waals surface area contributed by atoms with Crippen molar-refractivity contribution >= 4 is 51.8 Å². The molecule has 1 aliphatic rings. The number of rotatable bonds is 11. The zero-order chi connectivity index (χ0) is 27.1. The topological polar surface area (TPSA) is 74.7 Å². The molecular formula is C28H32Cl2FN3O3S. The summed E-state index contributed by atoms with van der Waals surface area (Å²) in [5.41, 5.74) is 1.98. The van der Waals surface area contributed by atoms with Gasteiger partial charge in [0.05, 0.1) is 23.1 Å². The molecule has 2 N–H and O–H groups in total. The van der Waals surface area contributed by atoms with Crippen molar-refractivity contribution in [3.63, 3.8) is 0 Å². The van der Waals surface area contributed by atoms with Crippen LogP contribution < -0.4 is 10.2 Å². The molecule has 1 aromatic heterocycles. The van der Waals surface area contributed by atoms with Crippen LogP contribution in [0.3, 0.4) is 0 Å². The minimum absolute atomic E-state index is 0.0984. The van der Waals surface area contributed by atoms with Gasteiger partial charge in [0.1, 0.15) is 11.9 Å². The van der Waals surface area contributed by atoms with Crippen molar-refractivity contribution in [3.8, 4) is 5.75 Å². The maximum atomic E-state index is 15.7. The molecule has 204 valence electrons. The van der Waals surface area contributed by atoms with Crippen molar-refractivity contribution in [2.45, 2.75) is 43.2 Å². The van der Waals surface area contributed by atoms with Crippen LogP contribution in [0, 0.1) is 5.41 Å². The number of benzene rings is 2. The average molecular weight is 581 g/mol. The number of carbonyl (C=O) groups excluding carboxylic acids is 1. The Bertz CT molecular complexity index is 1240. The third-order valence-electron chi connectivity index (χ3n) is 7.36. The number of amides is 1. The molecule has 0 spiro atoms. The Kier molecular flexibility index (Phi) is 10.1. The number of nitrogens with zero attached hydrogens (tertiary/aromatic N) is 2. The number of hydrogen-bond acceptors (Lipinski definition) is 6. The highest BCUT2D eigenvalue weighted by atomic mass is 35.5. The number of likely N-dealkylation sites (tertiary alicyclic amines) is 1. The molecule has 1 aliphatic heterocycles. The number of hydroxylamine groups is 1. The van der Waals surface area contributed by atoms with E-state index in [4.69, 9.17) is 27.9 Å². The Labute approximate surface area is 236 Å². The summed E-state index contributed by atoms with van der Waals surface area (Å²) >= 11 is 14.1. The first-order chi connectivity index (χ1) is 18.3. The van der Waals surface area contributed by atoms with E-state index in [1.165, 1.54) is 11.1 Å². The molecule has 4 rings (SSSR count). The summed E-state index contributed by atoms with van der Waals surface area (Å²) in [6.45, 7) is 2.35. The van der Waals surface area contributed by atoms with Gasteiger partial charge in [-0.3, -0.25) is 15.0 Å². The molecular weight excluding hydrogens is 548 g/mol. The van der Waals surface area contributed by atoms with Crippen LogP contribution in [0.25, 0.3) is 10.9 Å². The number of hydrogen-bond donors (Lipinski definition) is 2. The fourth-order valence-corrected chi connectivity index (χ4v) is 6.32. The first-order valence-corrected chi connectivity index (χ1v) is 14.4. The minimum atomic E-state index is -1.40. The number of piperidine rings is 1. The molecule has 2 heterocycles. The van der Waals surface area contributed by atoms with Gasteiger partial charge in [0, 0.05) is 27.1 Å². The second kappa shape index (κ2) is 13.3. The standard InChI is InChI=1S/C28H32Cl2FN3O3S/c1-37-20-5-8-25-22(17-20)26(23(30)18-32-25)24(31)9-10-28(27(35)33-36)11-14-34(15-12-28)13-2-16-38-21-6-3-19(29)4-7-21/h3-8,17-18,24,36H,2,9-16H2,1H3,(H,33,35). The molecule has 10 heteroatoms. The summed E-state index contributed by atoms with van der Waals surface area (Å²) in [7, 11) is 1.55. The van der Waals surface area contributed by atoms with Crippen LogP contribution in [0.2, 0.25) is 10.0 Å². The minimum Gasteiger partial charge on any atom is -0.497 e. The van der Waals surface area contributed by atoms with E-state index in [1.54, 1.807) is 37.1 Å². The average Bonchev–Trinajstić information content (AvgIpc) is 2.94. The van der Waals surface area contributed by atoms with Crippen LogP contribution in [-0.2, 0) is 4.79 Å². The first kappa shape index (κ1) is 28.9. The number of aromatic nitrogens is 1. The van der Waals surface area contributed by atoms with Gasteiger partial charge < -0.3 is 9.64 Å². The number of nitrogens with one attached hydrogen (secondary N) is 1. The summed E-state index contributed by atoms with van der Waals surface area (Å²) in [4.78, 5) is 20.6. The third kappa shape index (κ3) is 6.90. The number of pyridine rings is 1. The highest BCUT2D eigenvalue weighted by Gasteiger charge is 2.41. The lowest BCUT2D eigenvalue weighted by atomic mass is 9.73. The Morgan fingerprint density at radius 3 is 2.66 bits per heavy atom. The van der Waals surface area contributed by atoms with E-state index in [1.807, 2.05) is 29.7 Å². The molecule has 1 atom stereocenters. The maximum Gasteiger partial charge on any atom is 0.249 e. The van der Waals surface area contributed by atoms with Crippen LogP contribution in [0.15, 0.2) is 53.6 Å². The van der Waals surface area contributed by atoms with Crippen molar-refractivity contribution in [1.29, 1.82) is 0 Å². The van der Waals surface area contributed by atoms with Crippen molar-refractivity contribution in [2.75, 3.05) is 32.5 Å². The zero-order valence-corrected chi connectivity index (χ0v) is 23.6. The predicted octanol–water partition coefficient (Wildman–Crippen LogP) is 7.11. The van der Waals surface area contributed by atoms with Gasteiger partial charge in [-0.15, -0.1) is 11.8 Å². The lowest BCUT2D eigenvalue weighted by molar-refractivity contribution is -0.143. The van der Waals surface area contributed by atoms with Crippen molar-refractivity contribution in [1.82, 2.24) is 15.4 Å². The van der Waals surface area contributed by atoms with Crippen LogP contribution in [0.4, 0.5) is 4.39 Å². The fourth-order valence-electron chi connectivity index (χ4n) is 5.08. The largest absolute Gasteiger partial charge is 0.497 e. The summed E-state index contributed by atoms with van der Waals surface area (Å²) in [6.07, 6.45) is 2.57. The smallest absolute Gasteiger partial charge is 0.249 e. The number of halogens is 3. The lowest BCUT2D eigenvalue weighted by Crippen LogP contribution is -2.48. The van der Waals surface area contributed by atoms with Gasteiger partial charge in [-0.2, -0.15) is 0 Å². The molecule has 0 bridgehead atoms. The van der Waals surface area contributed by atoms with Gasteiger partial charge in [0.15, 0.2) is 0 Å². The Hall–Kier alpha value is -2.10. The number of carbonyl (C=O) groups is 1. The van der Waals surface area contributed by atoms with E-state index in [9.17, 15) is 10.0 Å². The molecule has 38 heavy (non-hydrogen) atoms. The number of ether oxygens (including phenoxy) is 1. The van der Waals surface area contributed by atoms with Gasteiger partial charge in [-0.05, 0) is 100.0 Å². The Morgan fingerprint density at radius 2 is 1.97 bits per heavy atom. The second-order valence-electron chi connectivity index (χ2n) is 9.63. The SMILES string of the molecule is COc1ccc2ncc(Cl)c(C(F)CCC3(C(=O)NO)CCN(CCCSc4ccc(Cl)cc4)CC3)c2c1. The zero-order valence-electron chi connectivity index (χ0n) is 21.3. The Morgan fingerprint density at radius 1 is 1.24 bits per heavy atom. The van der Waals surface area contributed by atoms with E-state index in [2.05, 4.69) is 9.88 Å². The lowest BCUT2D eigenvalue weighted by Gasteiger charge is -2.40. The summed E-state index contributed by atoms with van der Waals surface area (Å²) in [6, 6.07) is 13.1. The van der Waals surface area contributed by atoms with E-state index >= 15 is 4.39 Å². The molecule has 6 nitrogen and oxygen atoms in total. The number of fused-ring (bicyclic) bond motifs is 1. The maximum absolute atomic E-state index is 15.7. The van der Waals surface area contributed by atoms with Gasteiger partial charge in [0.2, 0.25) is 5.91 Å². The molecule has 2 aromatic carbocycles. The van der Waals surface area contributed by atoms with Crippen LogP contribution in [0.5, 0.6) is 5.75 Å². The van der Waals surface area contributed by atoms with Crippen LogP contribution in [0.1, 0.15) is 43.8 Å². The fraction of sp³-hybridized carbons (Fsp3) is 0.429. The summed E-state index contributed by atoms with van der Waals surface area (Å²) < 4.78 is 21.0. The van der Waals surface area contributed by atoms with Gasteiger partial charge in [0.25, 0.3) is 0 Å². The molecule has 1 saturated heterocycles. The molecule has 0 aliphatic carbocycles. The molecule has 1 unspecified atom stereocenters. The van der Waals surface area contributed by atoms with E-state index in [0.717, 1.165) is 23.7 Å². The van der Waals surface area contributed by atoms with Crippen LogP contribution in [-0.4, -0.2) is 53.5 Å². The highest BCUT2D eigenvalue weighted by molar-refractivity contribution is 7.99. The quantitative estimate of drug-likeness (QED) is 0.109. The molecule has 1 fully saturated rings. The number of thioether (sulfide) groups is 1. The Balaban J connectivity index is 1.35. The third-order valence-corrected chi connectivity index (χ3v) is 9.01. The normalized spacial score (nSPS) is 16.3. The molecule has 1 amide bonds. The molecule has 0 saturated carbocycles. The van der Waals surface area contributed by atoms with Gasteiger partial charge in [-0.1, -0.05) is 23.2 Å². The summed E-state index contributed by atoms with van der Waals surface area (Å²) in [5, 5.41) is 11.0. The van der Waals surface area contributed by atoms with E-state index in [-0.39, 0.29) is 11.4 Å². The van der Waals surface area contributed by atoms with Crippen molar-refractivity contribution < 1.29 is 19.1 Å². The van der Waals surface area contributed by atoms with Crippen LogP contribution >= 0.6 is 35.0 Å². The van der Waals surface area contributed by atoms with Crippen molar-refractivity contribution in [3.05, 3.63) is 64.3 Å². The number of methoxy groups -OCH3 is 1. The monoisotopic (exact) mass is 579 g/mol. The number of alkyl halides is 1. The summed E-state index contributed by atoms with van der Waals surface area (Å²) in [5.74, 6) is 1.12. The van der Waals surface area contributed by atoms with E-state index < -0.39 is 17.5 Å². The first-order valence-electron chi connectivity index (χ1n) is 12.7.